The van der Waals surface area contributed by atoms with Gasteiger partial charge in [0.1, 0.15) is 5.75 Å². The number of rotatable bonds is 6. The predicted molar refractivity (Wildman–Crippen MR) is 99.0 cm³/mol. The zero-order valence-electron chi connectivity index (χ0n) is 14.2. The molecule has 2 aromatic rings. The second kappa shape index (κ2) is 8.34. The van der Waals surface area contributed by atoms with Gasteiger partial charge in [-0.1, -0.05) is 19.4 Å². The van der Waals surface area contributed by atoms with Crippen LogP contribution < -0.4 is 4.74 Å². The fraction of sp³-hybridized carbons (Fsp3) is 0.450. The Kier molecular flexibility index (Phi) is 5.91. The molecule has 0 radical (unpaired) electrons. The van der Waals surface area contributed by atoms with Crippen molar-refractivity contribution in [3.63, 3.8) is 0 Å². The van der Waals surface area contributed by atoms with E-state index in [-0.39, 0.29) is 5.91 Å². The molecule has 0 N–H and O–H groups in total. The SMILES string of the molecule is CCCCOc1ccc(C(=O)N2CCC(c3cccs3)CC2)cc1. The molecular formula is C20H25NO2S. The summed E-state index contributed by atoms with van der Waals surface area (Å²) in [7, 11) is 0. The summed E-state index contributed by atoms with van der Waals surface area (Å²) in [5.41, 5.74) is 0.757. The van der Waals surface area contributed by atoms with Gasteiger partial charge in [0.2, 0.25) is 0 Å². The number of nitrogens with zero attached hydrogens (tertiary/aromatic N) is 1. The normalized spacial score (nSPS) is 15.5. The van der Waals surface area contributed by atoms with Crippen LogP contribution in [0.5, 0.6) is 5.75 Å². The number of likely N-dealkylation sites (tertiary alicyclic amines) is 1. The first-order valence-corrected chi connectivity index (χ1v) is 9.71. The van der Waals surface area contributed by atoms with E-state index in [2.05, 4.69) is 24.4 Å². The minimum atomic E-state index is 0.139. The van der Waals surface area contributed by atoms with Gasteiger partial charge in [0.05, 0.1) is 6.61 Å². The smallest absolute Gasteiger partial charge is 0.253 e. The first kappa shape index (κ1) is 17.0. The summed E-state index contributed by atoms with van der Waals surface area (Å²) in [6.45, 7) is 4.57. The molecule has 0 atom stereocenters. The van der Waals surface area contributed by atoms with E-state index < -0.39 is 0 Å². The monoisotopic (exact) mass is 343 g/mol. The lowest BCUT2D eigenvalue weighted by molar-refractivity contribution is 0.0713. The Hall–Kier alpha value is -1.81. The molecule has 1 amide bonds. The van der Waals surface area contributed by atoms with Gasteiger partial charge in [0.15, 0.2) is 0 Å². The standard InChI is InChI=1S/C20H25NO2S/c1-2-3-14-23-18-8-6-17(7-9-18)20(22)21-12-10-16(11-13-21)19-5-4-15-24-19/h4-9,15-16H,2-3,10-14H2,1H3. The van der Waals surface area contributed by atoms with Gasteiger partial charge in [-0.2, -0.15) is 0 Å². The molecule has 3 nitrogen and oxygen atoms in total. The van der Waals surface area contributed by atoms with E-state index in [1.807, 2.05) is 40.5 Å². The molecule has 24 heavy (non-hydrogen) atoms. The first-order chi connectivity index (χ1) is 11.8. The summed E-state index contributed by atoms with van der Waals surface area (Å²) in [4.78, 5) is 16.1. The van der Waals surface area contributed by atoms with E-state index in [1.165, 1.54) is 4.88 Å². The van der Waals surface area contributed by atoms with Gasteiger partial charge < -0.3 is 9.64 Å². The van der Waals surface area contributed by atoms with Crippen LogP contribution in [0.15, 0.2) is 41.8 Å². The Morgan fingerprint density at radius 2 is 1.96 bits per heavy atom. The number of thiophene rings is 1. The number of piperidine rings is 1. The van der Waals surface area contributed by atoms with Gasteiger partial charge in [0.25, 0.3) is 5.91 Å². The average molecular weight is 343 g/mol. The van der Waals surface area contributed by atoms with E-state index >= 15 is 0 Å². The highest BCUT2D eigenvalue weighted by molar-refractivity contribution is 7.10. The number of benzene rings is 1. The molecule has 2 heterocycles. The third kappa shape index (κ3) is 4.18. The molecule has 1 fully saturated rings. The number of amides is 1. The summed E-state index contributed by atoms with van der Waals surface area (Å²) in [6, 6.07) is 11.9. The summed E-state index contributed by atoms with van der Waals surface area (Å²) >= 11 is 1.83. The molecule has 0 saturated carbocycles. The van der Waals surface area contributed by atoms with Crippen molar-refractivity contribution in [3.8, 4) is 5.75 Å². The summed E-state index contributed by atoms with van der Waals surface area (Å²) in [5, 5.41) is 2.14. The molecule has 1 aromatic heterocycles. The maximum absolute atomic E-state index is 12.7. The molecule has 1 saturated heterocycles. The lowest BCUT2D eigenvalue weighted by Crippen LogP contribution is -2.37. The highest BCUT2D eigenvalue weighted by atomic mass is 32.1. The molecule has 4 heteroatoms. The number of hydrogen-bond acceptors (Lipinski definition) is 3. The molecular weight excluding hydrogens is 318 g/mol. The molecule has 0 spiro atoms. The minimum Gasteiger partial charge on any atom is -0.494 e. The van der Waals surface area contributed by atoms with Gasteiger partial charge >= 0.3 is 0 Å². The van der Waals surface area contributed by atoms with Gasteiger partial charge in [0, 0.05) is 23.5 Å². The van der Waals surface area contributed by atoms with Crippen molar-refractivity contribution in [2.45, 2.75) is 38.5 Å². The number of carbonyl (C=O) groups excluding carboxylic acids is 1. The third-order valence-corrected chi connectivity index (χ3v) is 5.63. The summed E-state index contributed by atoms with van der Waals surface area (Å²) < 4.78 is 5.66. The molecule has 1 aliphatic heterocycles. The summed E-state index contributed by atoms with van der Waals surface area (Å²) in [5.74, 6) is 1.60. The Bertz CT molecular complexity index is 628. The topological polar surface area (TPSA) is 29.5 Å². The number of unbranched alkanes of at least 4 members (excludes halogenated alkanes) is 1. The minimum absolute atomic E-state index is 0.139. The van der Waals surface area contributed by atoms with E-state index in [0.29, 0.717) is 5.92 Å². The van der Waals surface area contributed by atoms with Gasteiger partial charge in [-0.25, -0.2) is 0 Å². The van der Waals surface area contributed by atoms with Crippen LogP contribution in [0.4, 0.5) is 0 Å². The van der Waals surface area contributed by atoms with Crippen molar-refractivity contribution in [3.05, 3.63) is 52.2 Å². The predicted octanol–water partition coefficient (Wildman–Crippen LogP) is 4.95. The largest absolute Gasteiger partial charge is 0.494 e. The Balaban J connectivity index is 1.53. The van der Waals surface area contributed by atoms with Gasteiger partial charge in [-0.15, -0.1) is 11.3 Å². The van der Waals surface area contributed by atoms with E-state index in [1.54, 1.807) is 0 Å². The lowest BCUT2D eigenvalue weighted by atomic mass is 9.95. The van der Waals surface area contributed by atoms with Crippen LogP contribution in [-0.4, -0.2) is 30.5 Å². The fourth-order valence-electron chi connectivity index (χ4n) is 3.10. The summed E-state index contributed by atoms with van der Waals surface area (Å²) in [6.07, 6.45) is 4.30. The molecule has 3 rings (SSSR count). The highest BCUT2D eigenvalue weighted by Crippen LogP contribution is 2.31. The lowest BCUT2D eigenvalue weighted by Gasteiger charge is -2.31. The number of ether oxygens (including phenoxy) is 1. The fourth-order valence-corrected chi connectivity index (χ4v) is 4.00. The van der Waals surface area contributed by atoms with Crippen molar-refractivity contribution < 1.29 is 9.53 Å². The molecule has 128 valence electrons. The second-order valence-electron chi connectivity index (χ2n) is 6.31. The maximum Gasteiger partial charge on any atom is 0.253 e. The van der Waals surface area contributed by atoms with Crippen LogP contribution in [0.3, 0.4) is 0 Å². The molecule has 0 bridgehead atoms. The molecule has 0 aliphatic carbocycles. The van der Waals surface area contributed by atoms with Crippen LogP contribution in [0.2, 0.25) is 0 Å². The van der Waals surface area contributed by atoms with Crippen molar-refractivity contribution in [2.24, 2.45) is 0 Å². The molecule has 0 unspecified atom stereocenters. The Labute approximate surface area is 148 Å². The Morgan fingerprint density at radius 1 is 1.21 bits per heavy atom. The highest BCUT2D eigenvalue weighted by Gasteiger charge is 2.24. The molecule has 1 aliphatic rings. The third-order valence-electron chi connectivity index (χ3n) is 4.60. The van der Waals surface area contributed by atoms with Crippen LogP contribution in [0, 0.1) is 0 Å². The second-order valence-corrected chi connectivity index (χ2v) is 7.29. The quantitative estimate of drug-likeness (QED) is 0.695. The van der Waals surface area contributed by atoms with Crippen molar-refractivity contribution in [2.75, 3.05) is 19.7 Å². The van der Waals surface area contributed by atoms with E-state index in [0.717, 1.165) is 56.7 Å². The molecule has 1 aromatic carbocycles. The van der Waals surface area contributed by atoms with Crippen molar-refractivity contribution >= 4 is 17.2 Å². The maximum atomic E-state index is 12.7. The van der Waals surface area contributed by atoms with Crippen LogP contribution >= 0.6 is 11.3 Å². The average Bonchev–Trinajstić information content (AvgIpc) is 3.17. The van der Waals surface area contributed by atoms with Crippen molar-refractivity contribution in [1.29, 1.82) is 0 Å². The Morgan fingerprint density at radius 3 is 2.58 bits per heavy atom. The van der Waals surface area contributed by atoms with Crippen LogP contribution in [0.1, 0.15) is 53.8 Å². The van der Waals surface area contributed by atoms with Crippen LogP contribution in [0.25, 0.3) is 0 Å². The van der Waals surface area contributed by atoms with Gasteiger partial charge in [-0.05, 0) is 60.9 Å². The number of hydrogen-bond donors (Lipinski definition) is 0. The van der Waals surface area contributed by atoms with E-state index in [4.69, 9.17) is 4.74 Å². The van der Waals surface area contributed by atoms with Gasteiger partial charge in [-0.3, -0.25) is 4.79 Å². The first-order valence-electron chi connectivity index (χ1n) is 8.83. The zero-order chi connectivity index (χ0) is 16.8. The number of carbonyl (C=O) groups is 1. The van der Waals surface area contributed by atoms with Crippen molar-refractivity contribution in [1.82, 2.24) is 4.90 Å². The zero-order valence-corrected chi connectivity index (χ0v) is 15.1. The van der Waals surface area contributed by atoms with Crippen LogP contribution in [-0.2, 0) is 0 Å². The van der Waals surface area contributed by atoms with E-state index in [9.17, 15) is 4.79 Å².